The lowest BCUT2D eigenvalue weighted by Gasteiger charge is -2.29. The first-order chi connectivity index (χ1) is 15.5. The van der Waals surface area contributed by atoms with Crippen LogP contribution in [0.1, 0.15) is 49.0 Å². The third kappa shape index (κ3) is 3.21. The molecule has 1 saturated carbocycles. The SMILES string of the molecule is C[C@@H]1CCCC[C@@H]1n1c(=O)n(CC(=O)c2ccc([N+](=O)[O-])cc2)c2cnc3[nH]ccc3c21. The summed E-state index contributed by atoms with van der Waals surface area (Å²) in [4.78, 5) is 44.6. The smallest absolute Gasteiger partial charge is 0.329 e. The van der Waals surface area contributed by atoms with Crippen molar-refractivity contribution < 1.29 is 9.72 Å². The molecule has 0 bridgehead atoms. The zero-order chi connectivity index (χ0) is 22.4. The van der Waals surface area contributed by atoms with E-state index >= 15 is 0 Å². The molecular formula is C23H23N5O4. The minimum absolute atomic E-state index is 0.0648. The highest BCUT2D eigenvalue weighted by Gasteiger charge is 2.29. The Kier molecular flexibility index (Phi) is 4.88. The van der Waals surface area contributed by atoms with E-state index in [1.54, 1.807) is 12.4 Å². The van der Waals surface area contributed by atoms with E-state index in [1.807, 2.05) is 10.6 Å². The molecule has 0 radical (unpaired) electrons. The van der Waals surface area contributed by atoms with Gasteiger partial charge in [0.2, 0.25) is 0 Å². The Bertz CT molecular complexity index is 1400. The van der Waals surface area contributed by atoms with Gasteiger partial charge in [0, 0.05) is 35.3 Å². The highest BCUT2D eigenvalue weighted by atomic mass is 16.6. The van der Waals surface area contributed by atoms with Crippen LogP contribution in [0.2, 0.25) is 0 Å². The van der Waals surface area contributed by atoms with Crippen LogP contribution in [0.3, 0.4) is 0 Å². The number of nitro benzene ring substituents is 1. The summed E-state index contributed by atoms with van der Waals surface area (Å²) in [6.45, 7) is 2.02. The second-order valence-corrected chi connectivity index (χ2v) is 8.53. The number of carbonyl (C=O) groups is 1. The summed E-state index contributed by atoms with van der Waals surface area (Å²) >= 11 is 0. The summed E-state index contributed by atoms with van der Waals surface area (Å²) in [5.74, 6) is 0.0694. The minimum Gasteiger partial charge on any atom is -0.346 e. The van der Waals surface area contributed by atoms with Crippen molar-refractivity contribution in [2.45, 2.75) is 45.2 Å². The van der Waals surface area contributed by atoms with Crippen LogP contribution in [0.15, 0.2) is 47.5 Å². The quantitative estimate of drug-likeness (QED) is 0.287. The summed E-state index contributed by atoms with van der Waals surface area (Å²) < 4.78 is 3.35. The average molecular weight is 433 g/mol. The van der Waals surface area contributed by atoms with Crippen LogP contribution >= 0.6 is 0 Å². The van der Waals surface area contributed by atoms with E-state index in [0.29, 0.717) is 22.6 Å². The first-order valence-electron chi connectivity index (χ1n) is 10.8. The van der Waals surface area contributed by atoms with Gasteiger partial charge in [-0.05, 0) is 37.0 Å². The topological polar surface area (TPSA) is 116 Å². The van der Waals surface area contributed by atoms with Crippen molar-refractivity contribution >= 4 is 33.5 Å². The van der Waals surface area contributed by atoms with Crippen LogP contribution < -0.4 is 5.69 Å². The van der Waals surface area contributed by atoms with Crippen molar-refractivity contribution in [1.29, 1.82) is 0 Å². The maximum Gasteiger partial charge on any atom is 0.329 e. The lowest BCUT2D eigenvalue weighted by atomic mass is 9.85. The summed E-state index contributed by atoms with van der Waals surface area (Å²) in [7, 11) is 0. The third-order valence-electron chi connectivity index (χ3n) is 6.61. The van der Waals surface area contributed by atoms with Gasteiger partial charge in [-0.25, -0.2) is 9.78 Å². The highest BCUT2D eigenvalue weighted by molar-refractivity contribution is 6.02. The Morgan fingerprint density at radius 2 is 1.97 bits per heavy atom. The first-order valence-corrected chi connectivity index (χ1v) is 10.8. The van der Waals surface area contributed by atoms with Crippen LogP contribution in [0.4, 0.5) is 5.69 Å². The molecule has 4 aromatic rings. The van der Waals surface area contributed by atoms with Crippen molar-refractivity contribution in [3.63, 3.8) is 0 Å². The number of hydrogen-bond donors (Lipinski definition) is 1. The van der Waals surface area contributed by atoms with Gasteiger partial charge in [0.05, 0.1) is 28.7 Å². The molecule has 1 aliphatic carbocycles. The standard InChI is InChI=1S/C23H23N5O4/c1-14-4-2-3-5-18(14)27-21-17-10-11-24-22(17)25-12-19(21)26(23(27)30)13-20(29)15-6-8-16(9-7-15)28(31)32/h6-12,14,18H,2-5,13H2,1H3,(H,24,25)/t14-,18+/m1/s1. The molecular weight excluding hydrogens is 410 g/mol. The lowest BCUT2D eigenvalue weighted by Crippen LogP contribution is -2.33. The van der Waals surface area contributed by atoms with E-state index < -0.39 is 4.92 Å². The second kappa shape index (κ2) is 7.74. The van der Waals surface area contributed by atoms with Gasteiger partial charge < -0.3 is 4.98 Å². The Morgan fingerprint density at radius 3 is 2.69 bits per heavy atom. The summed E-state index contributed by atoms with van der Waals surface area (Å²) in [6, 6.07) is 7.43. The van der Waals surface area contributed by atoms with Crippen LogP contribution in [0.5, 0.6) is 0 Å². The molecule has 0 unspecified atom stereocenters. The maximum absolute atomic E-state index is 13.7. The molecule has 1 aliphatic rings. The average Bonchev–Trinajstić information content (AvgIpc) is 3.37. The van der Waals surface area contributed by atoms with E-state index in [1.165, 1.54) is 28.8 Å². The third-order valence-corrected chi connectivity index (χ3v) is 6.61. The number of ketones is 1. The number of pyridine rings is 1. The Labute approximate surface area is 182 Å². The molecule has 0 amide bonds. The van der Waals surface area contributed by atoms with Gasteiger partial charge in [-0.1, -0.05) is 19.8 Å². The van der Waals surface area contributed by atoms with E-state index in [4.69, 9.17) is 0 Å². The van der Waals surface area contributed by atoms with Crippen molar-refractivity contribution in [3.05, 3.63) is 68.9 Å². The molecule has 0 spiro atoms. The van der Waals surface area contributed by atoms with E-state index in [-0.39, 0.29) is 29.7 Å². The molecule has 3 heterocycles. The van der Waals surface area contributed by atoms with Gasteiger partial charge in [0.15, 0.2) is 5.78 Å². The lowest BCUT2D eigenvalue weighted by molar-refractivity contribution is -0.384. The second-order valence-electron chi connectivity index (χ2n) is 8.53. The van der Waals surface area contributed by atoms with Gasteiger partial charge in [0.25, 0.3) is 5.69 Å². The zero-order valence-electron chi connectivity index (χ0n) is 17.7. The molecule has 32 heavy (non-hydrogen) atoms. The predicted molar refractivity (Wildman–Crippen MR) is 120 cm³/mol. The minimum atomic E-state index is -0.508. The number of aromatic amines is 1. The number of rotatable bonds is 5. The number of aromatic nitrogens is 4. The van der Waals surface area contributed by atoms with Crippen molar-refractivity contribution in [1.82, 2.24) is 19.1 Å². The molecule has 0 saturated heterocycles. The van der Waals surface area contributed by atoms with E-state index in [2.05, 4.69) is 16.9 Å². The number of benzene rings is 1. The number of nitrogens with zero attached hydrogens (tertiary/aromatic N) is 4. The predicted octanol–water partition coefficient (Wildman–Crippen LogP) is 4.22. The normalized spacial score (nSPS) is 18.9. The zero-order valence-corrected chi connectivity index (χ0v) is 17.7. The van der Waals surface area contributed by atoms with Crippen molar-refractivity contribution in [3.8, 4) is 0 Å². The number of nitro groups is 1. The van der Waals surface area contributed by atoms with Crippen molar-refractivity contribution in [2.75, 3.05) is 0 Å². The fourth-order valence-corrected chi connectivity index (χ4v) is 4.91. The number of hydrogen-bond acceptors (Lipinski definition) is 5. The molecule has 164 valence electrons. The van der Waals surface area contributed by atoms with Gasteiger partial charge in [-0.3, -0.25) is 24.0 Å². The highest BCUT2D eigenvalue weighted by Crippen LogP contribution is 2.36. The van der Waals surface area contributed by atoms with E-state index in [9.17, 15) is 19.7 Å². The fraction of sp³-hybridized carbons (Fsp3) is 0.348. The van der Waals surface area contributed by atoms with Crippen LogP contribution in [0.25, 0.3) is 22.1 Å². The van der Waals surface area contributed by atoms with Crippen molar-refractivity contribution in [2.24, 2.45) is 5.92 Å². The largest absolute Gasteiger partial charge is 0.346 e. The monoisotopic (exact) mass is 433 g/mol. The number of nitrogens with one attached hydrogen (secondary N) is 1. The number of Topliss-reactive ketones (excluding diaryl/α,β-unsaturated/α-hetero) is 1. The van der Waals surface area contributed by atoms with Gasteiger partial charge in [-0.15, -0.1) is 0 Å². The number of non-ortho nitro benzene ring substituents is 1. The molecule has 1 N–H and O–H groups in total. The van der Waals surface area contributed by atoms with Gasteiger partial charge in [-0.2, -0.15) is 0 Å². The molecule has 0 aliphatic heterocycles. The molecule has 3 aromatic heterocycles. The van der Waals surface area contributed by atoms with Crippen LogP contribution in [0, 0.1) is 16.0 Å². The molecule has 5 rings (SSSR count). The summed E-state index contributed by atoms with van der Waals surface area (Å²) in [5.41, 5.74) is 2.15. The number of fused-ring (bicyclic) bond motifs is 3. The maximum atomic E-state index is 13.7. The summed E-state index contributed by atoms with van der Waals surface area (Å²) in [6.07, 6.45) is 7.65. The fourth-order valence-electron chi connectivity index (χ4n) is 4.91. The van der Waals surface area contributed by atoms with E-state index in [0.717, 1.165) is 36.6 Å². The molecule has 1 fully saturated rings. The Balaban J connectivity index is 1.63. The Hall–Kier alpha value is -3.75. The molecule has 2 atom stereocenters. The van der Waals surface area contributed by atoms with Gasteiger partial charge in [0.1, 0.15) is 5.65 Å². The number of carbonyl (C=O) groups excluding carboxylic acids is 1. The molecule has 9 heteroatoms. The van der Waals surface area contributed by atoms with Gasteiger partial charge >= 0.3 is 5.69 Å². The summed E-state index contributed by atoms with van der Waals surface area (Å²) in [5, 5.41) is 11.8. The van der Waals surface area contributed by atoms with Crippen LogP contribution in [-0.4, -0.2) is 29.8 Å². The number of H-pyrrole nitrogens is 1. The molecule has 9 nitrogen and oxygen atoms in total. The first kappa shape index (κ1) is 20.2. The Morgan fingerprint density at radius 1 is 1.22 bits per heavy atom. The van der Waals surface area contributed by atoms with Crippen LogP contribution in [-0.2, 0) is 6.54 Å². The number of imidazole rings is 1. The molecule has 1 aromatic carbocycles.